The minimum atomic E-state index is -4.58. The van der Waals surface area contributed by atoms with E-state index in [2.05, 4.69) is 5.32 Å². The van der Waals surface area contributed by atoms with Crippen LogP contribution >= 0.6 is 0 Å². The largest absolute Gasteiger partial charge is 0.402 e. The predicted octanol–water partition coefficient (Wildman–Crippen LogP) is 1.56. The number of benzene rings is 1. The predicted molar refractivity (Wildman–Crippen MR) is 65.2 cm³/mol. The van der Waals surface area contributed by atoms with E-state index in [1.54, 1.807) is 20.0 Å². The van der Waals surface area contributed by atoms with Gasteiger partial charge in [0.2, 0.25) is 10.0 Å². The molecule has 0 radical (unpaired) electrons. The topological polar surface area (TPSA) is 58.2 Å². The van der Waals surface area contributed by atoms with Crippen LogP contribution in [0.3, 0.4) is 0 Å². The first-order valence-electron chi connectivity index (χ1n) is 5.46. The van der Waals surface area contributed by atoms with Crippen LogP contribution < -0.4 is 10.0 Å². The van der Waals surface area contributed by atoms with Crippen LogP contribution in [0.4, 0.5) is 13.2 Å². The molecule has 0 heterocycles. The molecule has 108 valence electrons. The van der Waals surface area contributed by atoms with Crippen LogP contribution in [-0.2, 0) is 16.6 Å². The minimum Gasteiger partial charge on any atom is -0.316 e. The Balaban J connectivity index is 2.98. The van der Waals surface area contributed by atoms with Gasteiger partial charge in [-0.05, 0) is 37.2 Å². The van der Waals surface area contributed by atoms with Crippen molar-refractivity contribution in [1.82, 2.24) is 10.0 Å². The number of nitrogens with one attached hydrogen (secondary N) is 2. The number of rotatable bonds is 5. The molecule has 4 nitrogen and oxygen atoms in total. The molecule has 2 N–H and O–H groups in total. The molecule has 0 fully saturated rings. The molecule has 8 heteroatoms. The highest BCUT2D eigenvalue weighted by Crippen LogP contribution is 2.18. The van der Waals surface area contributed by atoms with Crippen molar-refractivity contribution in [2.75, 3.05) is 13.6 Å². The summed E-state index contributed by atoms with van der Waals surface area (Å²) in [6.07, 6.45) is -4.58. The van der Waals surface area contributed by atoms with Crippen molar-refractivity contribution in [3.63, 3.8) is 0 Å². The summed E-state index contributed by atoms with van der Waals surface area (Å²) in [5.41, 5.74) is 1.58. The standard InChI is InChI=1S/C11H15F3N2O2S/c1-8-3-4-10(5-9(8)6-15-2)19(17,18)16-7-11(12,13)14/h3-5,15-16H,6-7H2,1-2H3. The fourth-order valence-corrected chi connectivity index (χ4v) is 2.52. The Labute approximate surface area is 110 Å². The molecule has 0 saturated heterocycles. The average molecular weight is 296 g/mol. The van der Waals surface area contributed by atoms with Gasteiger partial charge < -0.3 is 5.32 Å². The maximum absolute atomic E-state index is 12.0. The zero-order valence-corrected chi connectivity index (χ0v) is 11.3. The van der Waals surface area contributed by atoms with Gasteiger partial charge in [0.25, 0.3) is 0 Å². The highest BCUT2D eigenvalue weighted by molar-refractivity contribution is 7.89. The molecule has 0 aliphatic carbocycles. The molecular weight excluding hydrogens is 281 g/mol. The van der Waals surface area contributed by atoms with Crippen molar-refractivity contribution >= 4 is 10.0 Å². The van der Waals surface area contributed by atoms with E-state index < -0.39 is 22.7 Å². The summed E-state index contributed by atoms with van der Waals surface area (Å²) in [5, 5.41) is 2.86. The Morgan fingerprint density at radius 3 is 2.42 bits per heavy atom. The minimum absolute atomic E-state index is 0.174. The lowest BCUT2D eigenvalue weighted by atomic mass is 10.1. The van der Waals surface area contributed by atoms with Gasteiger partial charge in [-0.2, -0.15) is 13.2 Å². The molecule has 0 atom stereocenters. The van der Waals surface area contributed by atoms with Gasteiger partial charge in [-0.1, -0.05) is 6.07 Å². The van der Waals surface area contributed by atoms with Gasteiger partial charge >= 0.3 is 6.18 Å². The van der Waals surface area contributed by atoms with Crippen LogP contribution in [0.15, 0.2) is 23.1 Å². The van der Waals surface area contributed by atoms with Crippen LogP contribution in [0.2, 0.25) is 0 Å². The van der Waals surface area contributed by atoms with Crippen LogP contribution in [0, 0.1) is 6.92 Å². The van der Waals surface area contributed by atoms with Crippen molar-refractivity contribution < 1.29 is 21.6 Å². The molecule has 1 aromatic carbocycles. The van der Waals surface area contributed by atoms with E-state index in [1.807, 2.05) is 0 Å². The molecule has 0 unspecified atom stereocenters. The second-order valence-electron chi connectivity index (χ2n) is 4.06. The van der Waals surface area contributed by atoms with E-state index in [0.29, 0.717) is 6.54 Å². The third kappa shape index (κ3) is 4.81. The molecule has 0 aliphatic rings. The quantitative estimate of drug-likeness (QED) is 0.867. The third-order valence-electron chi connectivity index (χ3n) is 2.46. The van der Waals surface area contributed by atoms with E-state index in [9.17, 15) is 21.6 Å². The molecule has 1 aromatic rings. The van der Waals surface area contributed by atoms with Gasteiger partial charge in [-0.25, -0.2) is 13.1 Å². The third-order valence-corrected chi connectivity index (χ3v) is 3.86. The number of hydrogen-bond acceptors (Lipinski definition) is 3. The summed E-state index contributed by atoms with van der Waals surface area (Å²) in [7, 11) is -2.45. The monoisotopic (exact) mass is 296 g/mol. The highest BCUT2D eigenvalue weighted by Gasteiger charge is 2.30. The molecule has 1 rings (SSSR count). The van der Waals surface area contributed by atoms with Gasteiger partial charge in [0.05, 0.1) is 4.90 Å². The lowest BCUT2D eigenvalue weighted by Crippen LogP contribution is -2.33. The molecule has 0 amide bonds. The molecule has 0 spiro atoms. The summed E-state index contributed by atoms with van der Waals surface area (Å²) in [4.78, 5) is -0.174. The fourth-order valence-electron chi connectivity index (χ4n) is 1.46. The Hall–Kier alpha value is -1.12. The number of hydrogen-bond donors (Lipinski definition) is 2. The van der Waals surface area contributed by atoms with Crippen LogP contribution in [-0.4, -0.2) is 28.2 Å². The number of aryl methyl sites for hydroxylation is 1. The lowest BCUT2D eigenvalue weighted by Gasteiger charge is -2.11. The molecular formula is C11H15F3N2O2S. The van der Waals surface area contributed by atoms with Crippen molar-refractivity contribution in [1.29, 1.82) is 0 Å². The molecule has 0 aliphatic heterocycles. The Kier molecular flexibility index (Phi) is 4.94. The number of sulfonamides is 1. The van der Waals surface area contributed by atoms with Crippen molar-refractivity contribution in [2.24, 2.45) is 0 Å². The molecule has 0 saturated carbocycles. The summed E-state index contributed by atoms with van der Waals surface area (Å²) >= 11 is 0. The van der Waals surface area contributed by atoms with Gasteiger partial charge in [0.15, 0.2) is 0 Å². The second-order valence-corrected chi connectivity index (χ2v) is 5.83. The maximum atomic E-state index is 12.0. The van der Waals surface area contributed by atoms with E-state index >= 15 is 0 Å². The summed E-state index contributed by atoms with van der Waals surface area (Å²) in [5.74, 6) is 0. The van der Waals surface area contributed by atoms with Crippen molar-refractivity contribution in [2.45, 2.75) is 24.5 Å². The van der Waals surface area contributed by atoms with E-state index in [1.165, 1.54) is 16.9 Å². The Morgan fingerprint density at radius 2 is 1.89 bits per heavy atom. The number of alkyl halides is 3. The first kappa shape index (κ1) is 15.9. The van der Waals surface area contributed by atoms with Gasteiger partial charge in [-0.3, -0.25) is 0 Å². The molecule has 0 aromatic heterocycles. The van der Waals surface area contributed by atoms with Crippen LogP contribution in [0.1, 0.15) is 11.1 Å². The zero-order valence-electron chi connectivity index (χ0n) is 10.5. The van der Waals surface area contributed by atoms with E-state index in [-0.39, 0.29) is 4.90 Å². The summed E-state index contributed by atoms with van der Waals surface area (Å²) < 4.78 is 61.0. The van der Waals surface area contributed by atoms with Gasteiger partial charge in [-0.15, -0.1) is 0 Å². The van der Waals surface area contributed by atoms with E-state index in [0.717, 1.165) is 11.1 Å². The SMILES string of the molecule is CNCc1cc(S(=O)(=O)NCC(F)(F)F)ccc1C. The first-order chi connectivity index (χ1) is 8.65. The normalized spacial score (nSPS) is 12.7. The second kappa shape index (κ2) is 5.89. The van der Waals surface area contributed by atoms with Crippen molar-refractivity contribution in [3.8, 4) is 0 Å². The summed E-state index contributed by atoms with van der Waals surface area (Å²) in [6.45, 7) is 0.658. The van der Waals surface area contributed by atoms with Crippen LogP contribution in [0.25, 0.3) is 0 Å². The summed E-state index contributed by atoms with van der Waals surface area (Å²) in [6, 6.07) is 4.21. The Morgan fingerprint density at radius 1 is 1.26 bits per heavy atom. The first-order valence-corrected chi connectivity index (χ1v) is 6.94. The molecule has 0 bridgehead atoms. The highest BCUT2D eigenvalue weighted by atomic mass is 32.2. The van der Waals surface area contributed by atoms with Gasteiger partial charge in [0, 0.05) is 6.54 Å². The van der Waals surface area contributed by atoms with Gasteiger partial charge in [0.1, 0.15) is 6.54 Å². The smallest absolute Gasteiger partial charge is 0.316 e. The Bertz CT molecular complexity index is 541. The van der Waals surface area contributed by atoms with E-state index in [4.69, 9.17) is 0 Å². The molecule has 19 heavy (non-hydrogen) atoms. The van der Waals surface area contributed by atoms with Crippen LogP contribution in [0.5, 0.6) is 0 Å². The maximum Gasteiger partial charge on any atom is 0.402 e. The van der Waals surface area contributed by atoms with Crippen molar-refractivity contribution in [3.05, 3.63) is 29.3 Å². The zero-order chi connectivity index (χ0) is 14.7. The number of halogens is 3. The lowest BCUT2D eigenvalue weighted by molar-refractivity contribution is -0.121. The fraction of sp³-hybridized carbons (Fsp3) is 0.455. The average Bonchev–Trinajstić information content (AvgIpc) is 2.29.